The van der Waals surface area contributed by atoms with Crippen LogP contribution in [-0.2, 0) is 11.2 Å². The third-order valence-electron chi connectivity index (χ3n) is 5.84. The number of fused-ring (bicyclic) bond motifs is 2. The van der Waals surface area contributed by atoms with E-state index in [0.717, 1.165) is 47.6 Å². The van der Waals surface area contributed by atoms with Gasteiger partial charge < -0.3 is 14.4 Å². The minimum atomic E-state index is -0.233. The number of carbonyl (C=O) groups is 1. The van der Waals surface area contributed by atoms with E-state index in [1.807, 2.05) is 29.2 Å². The van der Waals surface area contributed by atoms with Gasteiger partial charge in [-0.3, -0.25) is 4.79 Å². The highest BCUT2D eigenvalue weighted by atomic mass is 32.1. The Kier molecular flexibility index (Phi) is 4.89. The first-order valence-corrected chi connectivity index (χ1v) is 11.4. The van der Waals surface area contributed by atoms with Crippen LogP contribution in [0.15, 0.2) is 42.5 Å². The predicted molar refractivity (Wildman–Crippen MR) is 119 cm³/mol. The molecule has 2 aliphatic heterocycles. The van der Waals surface area contributed by atoms with Gasteiger partial charge in [0, 0.05) is 31.0 Å². The predicted octanol–water partition coefficient (Wildman–Crippen LogP) is 4.79. The summed E-state index contributed by atoms with van der Waals surface area (Å²) < 4.78 is 13.2. The lowest BCUT2D eigenvalue weighted by Crippen LogP contribution is -2.41. The number of amides is 1. The van der Waals surface area contributed by atoms with E-state index in [0.29, 0.717) is 18.2 Å². The Bertz CT molecular complexity index is 1060. The molecule has 0 spiro atoms. The lowest BCUT2D eigenvalue weighted by molar-refractivity contribution is -0.134. The van der Waals surface area contributed by atoms with Crippen LogP contribution in [0, 0.1) is 0 Å². The molecule has 3 aromatic rings. The van der Waals surface area contributed by atoms with Crippen molar-refractivity contribution in [3.63, 3.8) is 0 Å². The van der Waals surface area contributed by atoms with Crippen LogP contribution in [0.5, 0.6) is 11.5 Å². The molecule has 3 heterocycles. The van der Waals surface area contributed by atoms with E-state index >= 15 is 0 Å². The first-order chi connectivity index (χ1) is 14.5. The fraction of sp³-hybridized carbons (Fsp3) is 0.417. The second-order valence-electron chi connectivity index (χ2n) is 8.77. The highest BCUT2D eigenvalue weighted by Gasteiger charge is 2.33. The molecule has 6 heteroatoms. The smallest absolute Gasteiger partial charge is 0.260 e. The molecule has 2 aliphatic rings. The second kappa shape index (κ2) is 7.58. The minimum absolute atomic E-state index is 0.0238. The molecule has 0 unspecified atom stereocenters. The molecular weight excluding hydrogens is 396 g/mol. The number of hydrogen-bond acceptors (Lipinski definition) is 5. The van der Waals surface area contributed by atoms with Gasteiger partial charge in [0.15, 0.2) is 18.1 Å². The Morgan fingerprint density at radius 3 is 3.00 bits per heavy atom. The van der Waals surface area contributed by atoms with Crippen molar-refractivity contribution in [2.45, 2.75) is 44.6 Å². The molecule has 1 atom stereocenters. The summed E-state index contributed by atoms with van der Waals surface area (Å²) in [7, 11) is 0. The van der Waals surface area contributed by atoms with Gasteiger partial charge in [0.1, 0.15) is 5.60 Å². The Labute approximate surface area is 180 Å². The van der Waals surface area contributed by atoms with E-state index in [-0.39, 0.29) is 18.1 Å². The maximum Gasteiger partial charge on any atom is 0.260 e. The number of nitrogens with zero attached hydrogens (tertiary/aromatic N) is 2. The average Bonchev–Trinajstić information content (AvgIpc) is 3.31. The van der Waals surface area contributed by atoms with Crippen molar-refractivity contribution in [3.05, 3.63) is 53.0 Å². The van der Waals surface area contributed by atoms with Crippen LogP contribution < -0.4 is 9.47 Å². The summed E-state index contributed by atoms with van der Waals surface area (Å²) in [6.07, 6.45) is 2.91. The molecule has 1 saturated heterocycles. The summed E-state index contributed by atoms with van der Waals surface area (Å²) in [6.45, 7) is 5.65. The molecule has 0 radical (unpaired) electrons. The Morgan fingerprint density at radius 1 is 1.27 bits per heavy atom. The molecule has 2 aromatic carbocycles. The number of thiazole rings is 1. The van der Waals surface area contributed by atoms with Gasteiger partial charge in [0.2, 0.25) is 0 Å². The monoisotopic (exact) mass is 422 g/mol. The van der Waals surface area contributed by atoms with Gasteiger partial charge in [-0.1, -0.05) is 24.3 Å². The SMILES string of the molecule is CC1(C)Cc2cccc(OCC(=O)N3CCC[C@H](c4nc5ccccc5s4)C3)c2O1. The molecule has 1 aromatic heterocycles. The quantitative estimate of drug-likeness (QED) is 0.606. The maximum atomic E-state index is 12.9. The fourth-order valence-electron chi connectivity index (χ4n) is 4.40. The molecule has 0 bridgehead atoms. The number of carbonyl (C=O) groups excluding carboxylic acids is 1. The van der Waals surface area contributed by atoms with E-state index in [4.69, 9.17) is 14.5 Å². The molecular formula is C24H26N2O3S. The Hall–Kier alpha value is -2.60. The minimum Gasteiger partial charge on any atom is -0.483 e. The van der Waals surface area contributed by atoms with E-state index in [1.165, 1.54) is 4.70 Å². The lowest BCUT2D eigenvalue weighted by atomic mass is 9.99. The molecule has 0 N–H and O–H groups in total. The molecule has 30 heavy (non-hydrogen) atoms. The van der Waals surface area contributed by atoms with Gasteiger partial charge in [-0.05, 0) is 44.9 Å². The van der Waals surface area contributed by atoms with Crippen LogP contribution in [0.3, 0.4) is 0 Å². The zero-order valence-corrected chi connectivity index (χ0v) is 18.2. The van der Waals surface area contributed by atoms with Crippen molar-refractivity contribution < 1.29 is 14.3 Å². The first-order valence-electron chi connectivity index (χ1n) is 10.6. The van der Waals surface area contributed by atoms with Crippen molar-refractivity contribution in [1.82, 2.24) is 9.88 Å². The molecule has 156 valence electrons. The zero-order chi connectivity index (χ0) is 20.7. The number of benzene rings is 2. The molecule has 0 saturated carbocycles. The van der Waals surface area contributed by atoms with Crippen molar-refractivity contribution >= 4 is 27.5 Å². The van der Waals surface area contributed by atoms with Gasteiger partial charge in [0.25, 0.3) is 5.91 Å². The summed E-state index contributed by atoms with van der Waals surface area (Å²) >= 11 is 1.74. The summed E-state index contributed by atoms with van der Waals surface area (Å²) in [5.74, 6) is 1.76. The topological polar surface area (TPSA) is 51.7 Å². The van der Waals surface area contributed by atoms with Crippen LogP contribution in [0.1, 0.15) is 43.2 Å². The maximum absolute atomic E-state index is 12.9. The molecule has 5 nitrogen and oxygen atoms in total. The van der Waals surface area contributed by atoms with Crippen LogP contribution >= 0.6 is 11.3 Å². The van der Waals surface area contributed by atoms with Gasteiger partial charge in [0.05, 0.1) is 15.2 Å². The van der Waals surface area contributed by atoms with Gasteiger partial charge >= 0.3 is 0 Å². The first kappa shape index (κ1) is 19.4. The summed E-state index contributed by atoms with van der Waals surface area (Å²) in [5, 5.41) is 1.13. The summed E-state index contributed by atoms with van der Waals surface area (Å²) in [4.78, 5) is 19.6. The standard InChI is InChI=1S/C24H26N2O3S/c1-24(2)13-16-7-5-10-19(22(16)29-24)28-15-21(27)26-12-6-8-17(14-26)23-25-18-9-3-4-11-20(18)30-23/h3-5,7,9-11,17H,6,8,12-15H2,1-2H3/t17-/m0/s1. The fourth-order valence-corrected chi connectivity index (χ4v) is 5.49. The van der Waals surface area contributed by atoms with E-state index in [2.05, 4.69) is 32.0 Å². The summed E-state index contributed by atoms with van der Waals surface area (Å²) in [6, 6.07) is 14.1. The highest BCUT2D eigenvalue weighted by Crippen LogP contribution is 2.41. The second-order valence-corrected chi connectivity index (χ2v) is 9.83. The van der Waals surface area contributed by atoms with Gasteiger partial charge in [-0.2, -0.15) is 0 Å². The molecule has 1 fully saturated rings. The van der Waals surface area contributed by atoms with Crippen molar-refractivity contribution in [1.29, 1.82) is 0 Å². The third kappa shape index (κ3) is 3.76. The highest BCUT2D eigenvalue weighted by molar-refractivity contribution is 7.18. The van der Waals surface area contributed by atoms with Crippen LogP contribution in [0.4, 0.5) is 0 Å². The van der Waals surface area contributed by atoms with Crippen molar-refractivity contribution in [2.75, 3.05) is 19.7 Å². The number of aromatic nitrogens is 1. The Morgan fingerprint density at radius 2 is 2.13 bits per heavy atom. The van der Waals surface area contributed by atoms with Gasteiger partial charge in [-0.25, -0.2) is 4.98 Å². The van der Waals surface area contributed by atoms with E-state index < -0.39 is 0 Å². The van der Waals surface area contributed by atoms with Gasteiger partial charge in [-0.15, -0.1) is 11.3 Å². The third-order valence-corrected chi connectivity index (χ3v) is 7.04. The Balaban J connectivity index is 1.24. The number of hydrogen-bond donors (Lipinski definition) is 0. The van der Waals surface area contributed by atoms with E-state index in [9.17, 15) is 4.79 Å². The number of ether oxygens (including phenoxy) is 2. The van der Waals surface area contributed by atoms with Crippen LogP contribution in [0.2, 0.25) is 0 Å². The lowest BCUT2D eigenvalue weighted by Gasteiger charge is -2.31. The number of likely N-dealkylation sites (tertiary alicyclic amines) is 1. The molecule has 1 amide bonds. The van der Waals surface area contributed by atoms with Crippen molar-refractivity contribution in [2.24, 2.45) is 0 Å². The normalized spacial score (nSPS) is 20.1. The van der Waals surface area contributed by atoms with E-state index in [1.54, 1.807) is 11.3 Å². The molecule has 5 rings (SSSR count). The van der Waals surface area contributed by atoms with Crippen molar-refractivity contribution in [3.8, 4) is 11.5 Å². The average molecular weight is 423 g/mol. The molecule has 0 aliphatic carbocycles. The van der Waals surface area contributed by atoms with Crippen LogP contribution in [0.25, 0.3) is 10.2 Å². The summed E-state index contributed by atoms with van der Waals surface area (Å²) in [5.41, 5.74) is 1.95. The zero-order valence-electron chi connectivity index (χ0n) is 17.4. The number of para-hydroxylation sites is 2. The number of piperidine rings is 1. The van der Waals surface area contributed by atoms with Crippen LogP contribution in [-0.4, -0.2) is 41.1 Å². The number of rotatable bonds is 4. The largest absolute Gasteiger partial charge is 0.483 e.